The Kier molecular flexibility index (Phi) is 2.47. The van der Waals surface area contributed by atoms with Crippen LogP contribution in [0.25, 0.3) is 0 Å². The van der Waals surface area contributed by atoms with Gasteiger partial charge in [0.25, 0.3) is 0 Å². The minimum atomic E-state index is -0.825. The summed E-state index contributed by atoms with van der Waals surface area (Å²) in [6.45, 7) is 1.24. The molecule has 4 nitrogen and oxygen atoms in total. The first-order chi connectivity index (χ1) is 5.54. The molecular weight excluding hydrogens is 158 g/mol. The van der Waals surface area contributed by atoms with E-state index < -0.39 is 5.97 Å². The van der Waals surface area contributed by atoms with Crippen LogP contribution in [0.4, 0.5) is 0 Å². The molecule has 1 unspecified atom stereocenters. The van der Waals surface area contributed by atoms with E-state index in [1.807, 2.05) is 7.05 Å². The van der Waals surface area contributed by atoms with E-state index in [0.29, 0.717) is 17.4 Å². The lowest BCUT2D eigenvalue weighted by atomic mass is 10.3. The molecule has 0 aromatic heterocycles. The Morgan fingerprint density at radius 2 is 2.33 bits per heavy atom. The van der Waals surface area contributed by atoms with Crippen LogP contribution in [0.15, 0.2) is 0 Å². The van der Waals surface area contributed by atoms with Gasteiger partial charge in [0.05, 0.1) is 33.0 Å². The summed E-state index contributed by atoms with van der Waals surface area (Å²) in [5.74, 6) is -0.648. The highest BCUT2D eigenvalue weighted by atomic mass is 16.4. The van der Waals surface area contributed by atoms with Gasteiger partial charge in [0.2, 0.25) is 0 Å². The Morgan fingerprint density at radius 3 is 2.75 bits per heavy atom. The number of quaternary nitrogens is 1. The lowest BCUT2D eigenvalue weighted by molar-refractivity contribution is -0.825. The van der Waals surface area contributed by atoms with Gasteiger partial charge < -0.3 is 5.11 Å². The van der Waals surface area contributed by atoms with E-state index in [-0.39, 0.29) is 12.3 Å². The lowest BCUT2D eigenvalue weighted by Gasteiger charge is -2.25. The van der Waals surface area contributed by atoms with E-state index in [0.717, 1.165) is 13.0 Å². The van der Waals surface area contributed by atoms with Crippen molar-refractivity contribution in [1.29, 1.82) is 0 Å². The average molecular weight is 172 g/mol. The topological polar surface area (TPSA) is 54.4 Å². The fraction of sp³-hybridized carbons (Fsp3) is 0.750. The quantitative estimate of drug-likeness (QED) is 0.620. The molecule has 1 saturated heterocycles. The van der Waals surface area contributed by atoms with Crippen LogP contribution in [0.1, 0.15) is 19.3 Å². The van der Waals surface area contributed by atoms with Gasteiger partial charge in [-0.05, 0) is 0 Å². The van der Waals surface area contributed by atoms with Gasteiger partial charge in [-0.15, -0.1) is 0 Å². The molecule has 0 radical (unpaired) electrons. The molecule has 1 aliphatic heterocycles. The highest BCUT2D eigenvalue weighted by Crippen LogP contribution is 2.18. The fourth-order valence-electron chi connectivity index (χ4n) is 1.55. The van der Waals surface area contributed by atoms with Gasteiger partial charge in [-0.2, -0.15) is 0 Å². The number of carbonyl (C=O) groups excluding carboxylic acids is 1. The summed E-state index contributed by atoms with van der Waals surface area (Å²) in [4.78, 5) is 21.6. The van der Waals surface area contributed by atoms with Crippen molar-refractivity contribution in [3.63, 3.8) is 0 Å². The summed E-state index contributed by atoms with van der Waals surface area (Å²) in [7, 11) is 1.82. The highest BCUT2D eigenvalue weighted by molar-refractivity contribution is 5.71. The predicted octanol–water partition coefficient (Wildman–Crippen LogP) is 0.228. The predicted molar refractivity (Wildman–Crippen MR) is 42.4 cm³/mol. The van der Waals surface area contributed by atoms with Crippen LogP contribution in [0.2, 0.25) is 0 Å². The zero-order valence-electron chi connectivity index (χ0n) is 7.25. The monoisotopic (exact) mass is 172 g/mol. The number of carbonyl (C=O) groups is 2. The van der Waals surface area contributed by atoms with E-state index in [4.69, 9.17) is 5.11 Å². The maximum absolute atomic E-state index is 11.3. The highest BCUT2D eigenvalue weighted by Gasteiger charge is 2.36. The Hall–Kier alpha value is -0.900. The molecular formula is C8H14NO3+. The second-order valence-corrected chi connectivity index (χ2v) is 3.48. The van der Waals surface area contributed by atoms with Crippen molar-refractivity contribution in [1.82, 2.24) is 0 Å². The molecule has 1 N–H and O–H groups in total. The third kappa shape index (κ3) is 1.82. The molecule has 1 aliphatic rings. The smallest absolute Gasteiger partial charge is 0.313 e. The van der Waals surface area contributed by atoms with Crippen LogP contribution in [0.5, 0.6) is 0 Å². The van der Waals surface area contributed by atoms with Gasteiger partial charge in [-0.1, -0.05) is 0 Å². The van der Waals surface area contributed by atoms with Crippen molar-refractivity contribution in [2.45, 2.75) is 19.3 Å². The standard InChI is InChI=1S/C8H13NO3/c1-9(6-4-8(11)12)5-2-3-7(9)10/h2-6H2,1H3/p+1. The van der Waals surface area contributed by atoms with Crippen LogP contribution in [-0.4, -0.2) is 41.6 Å². The van der Waals surface area contributed by atoms with Crippen molar-refractivity contribution in [2.75, 3.05) is 20.1 Å². The van der Waals surface area contributed by atoms with Gasteiger partial charge in [-0.3, -0.25) is 9.28 Å². The molecule has 0 bridgehead atoms. The zero-order chi connectivity index (χ0) is 9.19. The number of aliphatic carboxylic acids is 1. The Morgan fingerprint density at radius 1 is 1.67 bits per heavy atom. The third-order valence-electron chi connectivity index (χ3n) is 2.46. The summed E-state index contributed by atoms with van der Waals surface area (Å²) >= 11 is 0. The third-order valence-corrected chi connectivity index (χ3v) is 2.46. The first kappa shape index (κ1) is 9.19. The van der Waals surface area contributed by atoms with Crippen molar-refractivity contribution in [2.24, 2.45) is 0 Å². The van der Waals surface area contributed by atoms with Gasteiger partial charge in [0.1, 0.15) is 0 Å². The lowest BCUT2D eigenvalue weighted by Crippen LogP contribution is -2.46. The number of nitrogens with zero attached hydrogens (tertiary/aromatic N) is 1. The summed E-state index contributed by atoms with van der Waals surface area (Å²) in [5.41, 5.74) is 0. The van der Waals surface area contributed by atoms with Crippen LogP contribution < -0.4 is 0 Å². The van der Waals surface area contributed by atoms with Crippen molar-refractivity contribution in [3.05, 3.63) is 0 Å². The van der Waals surface area contributed by atoms with E-state index in [1.54, 1.807) is 0 Å². The van der Waals surface area contributed by atoms with Crippen LogP contribution >= 0.6 is 0 Å². The molecule has 1 amide bonds. The normalized spacial score (nSPS) is 29.2. The Balaban J connectivity index is 2.48. The van der Waals surface area contributed by atoms with Gasteiger partial charge in [0.15, 0.2) is 0 Å². The molecule has 0 aromatic rings. The molecule has 68 valence electrons. The molecule has 0 saturated carbocycles. The number of carboxylic acid groups (broad SMARTS) is 1. The van der Waals surface area contributed by atoms with Gasteiger partial charge in [0, 0.05) is 6.42 Å². The molecule has 1 fully saturated rings. The van der Waals surface area contributed by atoms with E-state index in [9.17, 15) is 9.59 Å². The molecule has 0 aliphatic carbocycles. The number of rotatable bonds is 3. The Bertz CT molecular complexity index is 214. The average Bonchev–Trinajstić information content (AvgIpc) is 2.30. The first-order valence-corrected chi connectivity index (χ1v) is 4.14. The summed E-state index contributed by atoms with van der Waals surface area (Å²) in [6, 6.07) is 0. The molecule has 0 aromatic carbocycles. The maximum Gasteiger partial charge on any atom is 0.313 e. The van der Waals surface area contributed by atoms with Crippen molar-refractivity contribution >= 4 is 11.9 Å². The first-order valence-electron chi connectivity index (χ1n) is 4.14. The fourth-order valence-corrected chi connectivity index (χ4v) is 1.55. The van der Waals surface area contributed by atoms with E-state index in [1.165, 1.54) is 0 Å². The molecule has 4 heteroatoms. The molecule has 1 rings (SSSR count). The minimum Gasteiger partial charge on any atom is -0.481 e. The number of amides is 1. The van der Waals surface area contributed by atoms with Crippen LogP contribution in [-0.2, 0) is 9.59 Å². The molecule has 1 atom stereocenters. The largest absolute Gasteiger partial charge is 0.481 e. The second kappa shape index (κ2) is 3.23. The maximum atomic E-state index is 11.3. The van der Waals surface area contributed by atoms with E-state index in [2.05, 4.69) is 0 Å². The SMILES string of the molecule is C[N+]1(CCC(=O)O)CCCC1=O. The summed E-state index contributed by atoms with van der Waals surface area (Å²) in [6.07, 6.45) is 1.59. The van der Waals surface area contributed by atoms with Crippen LogP contribution in [0, 0.1) is 0 Å². The Labute approximate surface area is 71.4 Å². The van der Waals surface area contributed by atoms with Gasteiger partial charge >= 0.3 is 11.9 Å². The molecule has 0 spiro atoms. The van der Waals surface area contributed by atoms with Crippen molar-refractivity contribution in [3.8, 4) is 0 Å². The molecule has 12 heavy (non-hydrogen) atoms. The second-order valence-electron chi connectivity index (χ2n) is 3.48. The summed E-state index contributed by atoms with van der Waals surface area (Å²) in [5, 5.41) is 8.45. The minimum absolute atomic E-state index is 0.0856. The summed E-state index contributed by atoms with van der Waals surface area (Å²) < 4.78 is 0.312. The number of hydrogen-bond donors (Lipinski definition) is 1. The number of likely N-dealkylation sites (tertiary alicyclic amines) is 1. The zero-order valence-corrected chi connectivity index (χ0v) is 7.25. The van der Waals surface area contributed by atoms with Crippen molar-refractivity contribution < 1.29 is 19.2 Å². The number of hydrogen-bond acceptors (Lipinski definition) is 2. The van der Waals surface area contributed by atoms with Gasteiger partial charge in [-0.25, -0.2) is 4.79 Å². The van der Waals surface area contributed by atoms with E-state index >= 15 is 0 Å². The molecule has 1 heterocycles. The van der Waals surface area contributed by atoms with Crippen LogP contribution in [0.3, 0.4) is 0 Å². The number of carboxylic acids is 1.